The molecular weight excluding hydrogens is 547 g/mol. The maximum Gasteiger partial charge on any atom is 0.391 e. The number of nitrogens with zero attached hydrogens (tertiary/aromatic N) is 2. The van der Waals surface area contributed by atoms with Crippen molar-refractivity contribution in [3.05, 3.63) is 34.5 Å². The molecule has 1 amide bonds. The molecule has 2 aromatic rings. The molecule has 1 aliphatic carbocycles. The highest BCUT2D eigenvalue weighted by Gasteiger charge is 2.38. The molecule has 0 spiro atoms. The number of carbonyl (C=O) groups excluding carboxylic acids is 1. The Hall–Kier alpha value is -2.31. The van der Waals surface area contributed by atoms with Crippen LogP contribution in [0.2, 0.25) is 5.02 Å². The third-order valence-corrected chi connectivity index (χ3v) is 9.12. The van der Waals surface area contributed by atoms with Gasteiger partial charge >= 0.3 is 6.18 Å². The molecule has 1 aliphatic rings. The molecule has 1 heterocycles. The molecule has 1 aromatic carbocycles. The predicted octanol–water partition coefficient (Wildman–Crippen LogP) is 4.42. The van der Waals surface area contributed by atoms with Crippen LogP contribution in [0, 0.1) is 5.92 Å². The summed E-state index contributed by atoms with van der Waals surface area (Å²) in [6.45, 7) is 3.16. The smallest absolute Gasteiger partial charge is 0.391 e. The standard InChI is InChI=1S/C25H33ClF3N3O5S/c1-5-32-22(18-7-6-16(13-19(18)37-3)12-15(2)25(27,28)29)20(26)21(31-32)23(33)30-14-24(34)10-8-17(9-11-24)38(4,35)36/h6-7,13,15,17,34H,5,8-12,14H2,1-4H3,(H,30,33)/t15-,17?,24?/m1/s1. The predicted molar refractivity (Wildman–Crippen MR) is 138 cm³/mol. The number of aryl methyl sites for hydroxylation is 1. The summed E-state index contributed by atoms with van der Waals surface area (Å²) >= 11 is 6.60. The molecule has 212 valence electrons. The van der Waals surface area contributed by atoms with Gasteiger partial charge in [0.1, 0.15) is 15.6 Å². The highest BCUT2D eigenvalue weighted by atomic mass is 35.5. The van der Waals surface area contributed by atoms with Gasteiger partial charge in [0.15, 0.2) is 5.69 Å². The van der Waals surface area contributed by atoms with E-state index in [0.29, 0.717) is 36.2 Å². The molecule has 1 saturated carbocycles. The van der Waals surface area contributed by atoms with E-state index in [2.05, 4.69) is 10.4 Å². The lowest BCUT2D eigenvalue weighted by molar-refractivity contribution is -0.169. The van der Waals surface area contributed by atoms with Crippen LogP contribution in [-0.2, 0) is 22.8 Å². The summed E-state index contributed by atoms with van der Waals surface area (Å²) in [6.07, 6.45) is -2.30. The Bertz CT molecular complexity index is 1270. The number of ether oxygens (including phenoxy) is 1. The number of hydrogen-bond donors (Lipinski definition) is 2. The van der Waals surface area contributed by atoms with Gasteiger partial charge in [0.05, 0.1) is 34.6 Å². The molecular formula is C25H33ClF3N3O5S. The van der Waals surface area contributed by atoms with E-state index in [9.17, 15) is 31.5 Å². The number of methoxy groups -OCH3 is 1. The summed E-state index contributed by atoms with van der Waals surface area (Å²) in [6, 6.07) is 4.67. The van der Waals surface area contributed by atoms with Crippen molar-refractivity contribution >= 4 is 27.3 Å². The van der Waals surface area contributed by atoms with E-state index in [0.717, 1.165) is 6.92 Å². The van der Waals surface area contributed by atoms with E-state index in [4.69, 9.17) is 16.3 Å². The molecule has 8 nitrogen and oxygen atoms in total. The first kappa shape index (κ1) is 30.2. The highest BCUT2D eigenvalue weighted by Crippen LogP contribution is 2.39. The van der Waals surface area contributed by atoms with Crippen molar-refractivity contribution in [1.29, 1.82) is 0 Å². The Morgan fingerprint density at radius 2 is 1.97 bits per heavy atom. The summed E-state index contributed by atoms with van der Waals surface area (Å²) in [7, 11) is -1.81. The summed E-state index contributed by atoms with van der Waals surface area (Å²) < 4.78 is 69.6. The minimum Gasteiger partial charge on any atom is -0.496 e. The van der Waals surface area contributed by atoms with E-state index < -0.39 is 38.7 Å². The average molecular weight is 580 g/mol. The Morgan fingerprint density at radius 3 is 2.50 bits per heavy atom. The molecule has 1 atom stereocenters. The Balaban J connectivity index is 1.81. The lowest BCUT2D eigenvalue weighted by atomic mass is 9.84. The molecule has 2 N–H and O–H groups in total. The van der Waals surface area contributed by atoms with Crippen molar-refractivity contribution in [2.45, 2.75) is 69.5 Å². The largest absolute Gasteiger partial charge is 0.496 e. The first-order valence-electron chi connectivity index (χ1n) is 12.3. The molecule has 1 aromatic heterocycles. The van der Waals surface area contributed by atoms with Gasteiger partial charge in [0.2, 0.25) is 0 Å². The van der Waals surface area contributed by atoms with E-state index in [1.54, 1.807) is 19.1 Å². The lowest BCUT2D eigenvalue weighted by Crippen LogP contribution is -2.47. The van der Waals surface area contributed by atoms with Gasteiger partial charge in [-0.2, -0.15) is 18.3 Å². The van der Waals surface area contributed by atoms with Gasteiger partial charge < -0.3 is 15.2 Å². The molecule has 3 rings (SSSR count). The van der Waals surface area contributed by atoms with Gasteiger partial charge in [-0.15, -0.1) is 0 Å². The number of nitrogens with one attached hydrogen (secondary N) is 1. The quantitative estimate of drug-likeness (QED) is 0.455. The number of benzene rings is 1. The normalized spacial score (nSPS) is 21.2. The molecule has 0 bridgehead atoms. The SMILES string of the molecule is CCn1nc(C(=O)NCC2(O)CCC(S(C)(=O)=O)CC2)c(Cl)c1-c1ccc(C[C@@H](C)C(F)(F)F)cc1OC. The zero-order valence-electron chi connectivity index (χ0n) is 21.7. The van der Waals surface area contributed by atoms with Crippen LogP contribution >= 0.6 is 11.6 Å². The first-order chi connectivity index (χ1) is 17.6. The highest BCUT2D eigenvalue weighted by molar-refractivity contribution is 7.91. The fourth-order valence-corrected chi connectivity index (χ4v) is 6.08. The number of carbonyl (C=O) groups is 1. The molecule has 13 heteroatoms. The summed E-state index contributed by atoms with van der Waals surface area (Å²) in [4.78, 5) is 13.0. The topological polar surface area (TPSA) is 111 Å². The fourth-order valence-electron chi connectivity index (χ4n) is 4.66. The van der Waals surface area contributed by atoms with E-state index in [1.807, 2.05) is 0 Å². The number of amides is 1. The molecule has 0 radical (unpaired) electrons. The summed E-state index contributed by atoms with van der Waals surface area (Å²) in [5.74, 6) is -1.86. The number of alkyl halides is 3. The van der Waals surface area contributed by atoms with Crippen molar-refractivity contribution in [2.24, 2.45) is 5.92 Å². The minimum absolute atomic E-state index is 0.0341. The van der Waals surface area contributed by atoms with Crippen LogP contribution in [0.15, 0.2) is 18.2 Å². The summed E-state index contributed by atoms with van der Waals surface area (Å²) in [5, 5.41) is 17.4. The molecule has 38 heavy (non-hydrogen) atoms. The van der Waals surface area contributed by atoms with E-state index >= 15 is 0 Å². The van der Waals surface area contributed by atoms with E-state index in [1.165, 1.54) is 24.1 Å². The number of aromatic nitrogens is 2. The Labute approximate surface area is 225 Å². The summed E-state index contributed by atoms with van der Waals surface area (Å²) in [5.41, 5.74) is -0.0443. The van der Waals surface area contributed by atoms with Crippen molar-refractivity contribution < 1.29 is 36.2 Å². The van der Waals surface area contributed by atoms with Gasteiger partial charge in [-0.25, -0.2) is 8.42 Å². The Morgan fingerprint density at radius 1 is 1.34 bits per heavy atom. The average Bonchev–Trinajstić information content (AvgIpc) is 3.17. The molecule has 1 fully saturated rings. The van der Waals surface area contributed by atoms with Crippen LogP contribution in [0.3, 0.4) is 0 Å². The second-order valence-corrected chi connectivity index (χ2v) is 12.6. The van der Waals surface area contributed by atoms with E-state index in [-0.39, 0.29) is 42.3 Å². The second kappa shape index (κ2) is 11.4. The van der Waals surface area contributed by atoms with Crippen LogP contribution in [-0.4, -0.2) is 66.1 Å². The number of sulfone groups is 1. The Kier molecular flexibility index (Phi) is 9.09. The zero-order valence-corrected chi connectivity index (χ0v) is 23.3. The second-order valence-electron chi connectivity index (χ2n) is 9.94. The van der Waals surface area contributed by atoms with Gasteiger partial charge in [-0.05, 0) is 56.7 Å². The van der Waals surface area contributed by atoms with Crippen LogP contribution in [0.25, 0.3) is 11.3 Å². The maximum atomic E-state index is 13.0. The third-order valence-electron chi connectivity index (χ3n) is 7.08. The number of rotatable bonds is 9. The number of halogens is 4. The van der Waals surface area contributed by atoms with Gasteiger partial charge in [0, 0.05) is 24.9 Å². The number of hydrogen-bond acceptors (Lipinski definition) is 6. The number of aliphatic hydroxyl groups is 1. The van der Waals surface area contributed by atoms with Crippen molar-refractivity contribution in [3.8, 4) is 17.0 Å². The zero-order chi connectivity index (χ0) is 28.5. The van der Waals surface area contributed by atoms with Gasteiger partial charge in [-0.1, -0.05) is 24.6 Å². The van der Waals surface area contributed by atoms with Crippen LogP contribution in [0.5, 0.6) is 5.75 Å². The van der Waals surface area contributed by atoms with Gasteiger partial charge in [-0.3, -0.25) is 9.48 Å². The van der Waals surface area contributed by atoms with Crippen LogP contribution < -0.4 is 10.1 Å². The van der Waals surface area contributed by atoms with Gasteiger partial charge in [0.25, 0.3) is 5.91 Å². The van der Waals surface area contributed by atoms with Crippen molar-refractivity contribution in [2.75, 3.05) is 19.9 Å². The minimum atomic E-state index is -4.32. The third kappa shape index (κ3) is 6.81. The molecule has 0 unspecified atom stereocenters. The lowest BCUT2D eigenvalue weighted by Gasteiger charge is -2.35. The van der Waals surface area contributed by atoms with Crippen LogP contribution in [0.1, 0.15) is 55.6 Å². The fraction of sp³-hybridized carbons (Fsp3) is 0.600. The maximum absolute atomic E-state index is 13.0. The monoisotopic (exact) mass is 579 g/mol. The first-order valence-corrected chi connectivity index (χ1v) is 14.6. The molecule has 0 aliphatic heterocycles. The van der Waals surface area contributed by atoms with Crippen molar-refractivity contribution in [3.63, 3.8) is 0 Å². The van der Waals surface area contributed by atoms with Crippen LogP contribution in [0.4, 0.5) is 13.2 Å². The molecule has 0 saturated heterocycles. The van der Waals surface area contributed by atoms with Crippen molar-refractivity contribution in [1.82, 2.24) is 15.1 Å².